The van der Waals surface area contributed by atoms with E-state index in [-0.39, 0.29) is 5.91 Å². The first kappa shape index (κ1) is 14.8. The molecule has 1 amide bonds. The van der Waals surface area contributed by atoms with Gasteiger partial charge in [-0.25, -0.2) is 4.79 Å². The van der Waals surface area contributed by atoms with Gasteiger partial charge in [-0.15, -0.1) is 0 Å². The van der Waals surface area contributed by atoms with Crippen molar-refractivity contribution in [1.82, 2.24) is 4.90 Å². The minimum Gasteiger partial charge on any atom is -0.480 e. The van der Waals surface area contributed by atoms with Crippen LogP contribution in [0, 0.1) is 0 Å². The average Bonchev–Trinajstić information content (AvgIpc) is 3.04. The summed E-state index contributed by atoms with van der Waals surface area (Å²) < 4.78 is 5.75. The third-order valence-electron chi connectivity index (χ3n) is 4.74. The van der Waals surface area contributed by atoms with Crippen molar-refractivity contribution in [2.75, 3.05) is 0 Å². The van der Waals surface area contributed by atoms with Crippen molar-refractivity contribution in [3.05, 3.63) is 65.2 Å². The molecule has 2 aliphatic heterocycles. The van der Waals surface area contributed by atoms with Crippen molar-refractivity contribution in [3.8, 4) is 5.75 Å². The van der Waals surface area contributed by atoms with Crippen LogP contribution in [0.2, 0.25) is 0 Å². The number of hydrogen-bond donors (Lipinski definition) is 1. The zero-order valence-electron chi connectivity index (χ0n) is 13.0. The van der Waals surface area contributed by atoms with Crippen LogP contribution in [0.5, 0.6) is 5.75 Å². The molecule has 1 N–H and O–H groups in total. The Hall–Kier alpha value is -2.82. The lowest BCUT2D eigenvalue weighted by Gasteiger charge is -2.35. The molecule has 2 heterocycles. The molecule has 0 aromatic heterocycles. The Labute approximate surface area is 139 Å². The van der Waals surface area contributed by atoms with E-state index in [1.54, 1.807) is 0 Å². The summed E-state index contributed by atoms with van der Waals surface area (Å²) in [4.78, 5) is 26.1. The fourth-order valence-electron chi connectivity index (χ4n) is 3.48. The molecular formula is C19H17NO4. The van der Waals surface area contributed by atoms with Gasteiger partial charge < -0.3 is 14.7 Å². The Bertz CT molecular complexity index is 792. The zero-order chi connectivity index (χ0) is 16.7. The van der Waals surface area contributed by atoms with Gasteiger partial charge in [-0.2, -0.15) is 0 Å². The molecule has 2 aliphatic rings. The molecule has 0 bridgehead atoms. The maximum absolute atomic E-state index is 12.9. The maximum atomic E-state index is 12.9. The topological polar surface area (TPSA) is 66.8 Å². The molecular weight excluding hydrogens is 306 g/mol. The van der Waals surface area contributed by atoms with Gasteiger partial charge in [0.05, 0.1) is 0 Å². The number of nitrogens with zero attached hydrogens (tertiary/aromatic N) is 1. The van der Waals surface area contributed by atoms with Gasteiger partial charge >= 0.3 is 5.97 Å². The molecule has 2 aromatic rings. The van der Waals surface area contributed by atoms with Crippen molar-refractivity contribution in [1.29, 1.82) is 0 Å². The van der Waals surface area contributed by atoms with Crippen LogP contribution in [0.25, 0.3) is 0 Å². The number of carboxylic acids is 1. The quantitative estimate of drug-likeness (QED) is 0.918. The normalized spacial score (nSPS) is 21.6. The number of aliphatic carboxylic acids is 1. The second kappa shape index (κ2) is 5.67. The highest BCUT2D eigenvalue weighted by atomic mass is 16.5. The third-order valence-corrected chi connectivity index (χ3v) is 4.74. The first-order valence-electron chi connectivity index (χ1n) is 7.98. The first-order valence-corrected chi connectivity index (χ1v) is 7.98. The van der Waals surface area contributed by atoms with Crippen molar-refractivity contribution < 1.29 is 19.4 Å². The summed E-state index contributed by atoms with van der Waals surface area (Å²) in [6, 6.07) is 14.4. The summed E-state index contributed by atoms with van der Waals surface area (Å²) in [7, 11) is 0. The Morgan fingerprint density at radius 2 is 1.62 bits per heavy atom. The van der Waals surface area contributed by atoms with Gasteiger partial charge in [-0.3, -0.25) is 4.79 Å². The number of carbonyl (C=O) groups is 2. The Balaban J connectivity index is 1.60. The highest BCUT2D eigenvalue weighted by Crippen LogP contribution is 2.31. The minimum absolute atomic E-state index is 0.256. The highest BCUT2D eigenvalue weighted by molar-refractivity contribution is 5.88. The monoisotopic (exact) mass is 323 g/mol. The van der Waals surface area contributed by atoms with Gasteiger partial charge in [0.15, 0.2) is 6.10 Å². The van der Waals surface area contributed by atoms with Gasteiger partial charge in [-0.1, -0.05) is 42.5 Å². The van der Waals surface area contributed by atoms with E-state index in [0.717, 1.165) is 16.7 Å². The smallest absolute Gasteiger partial charge is 0.326 e. The summed E-state index contributed by atoms with van der Waals surface area (Å²) in [5.41, 5.74) is 2.98. The van der Waals surface area contributed by atoms with E-state index in [1.165, 1.54) is 4.90 Å². The minimum atomic E-state index is -0.978. The molecule has 122 valence electrons. The van der Waals surface area contributed by atoms with Crippen LogP contribution < -0.4 is 4.74 Å². The number of amides is 1. The van der Waals surface area contributed by atoms with Crippen LogP contribution in [0.4, 0.5) is 0 Å². The van der Waals surface area contributed by atoms with Crippen molar-refractivity contribution in [2.24, 2.45) is 0 Å². The zero-order valence-corrected chi connectivity index (χ0v) is 13.0. The molecule has 4 rings (SSSR count). The van der Waals surface area contributed by atoms with Crippen LogP contribution in [0.3, 0.4) is 0 Å². The molecule has 0 fully saturated rings. The molecule has 5 heteroatoms. The number of fused-ring (bicyclic) bond motifs is 2. The van der Waals surface area contributed by atoms with E-state index in [1.807, 2.05) is 48.5 Å². The van der Waals surface area contributed by atoms with E-state index in [9.17, 15) is 14.7 Å². The molecule has 5 nitrogen and oxygen atoms in total. The number of carboxylic acid groups (broad SMARTS) is 1. The van der Waals surface area contributed by atoms with Crippen LogP contribution in [0.1, 0.15) is 16.7 Å². The molecule has 0 saturated carbocycles. The van der Waals surface area contributed by atoms with Crippen LogP contribution >= 0.6 is 0 Å². The Kier molecular flexibility index (Phi) is 3.49. The number of ether oxygens (including phenoxy) is 1. The number of rotatable bonds is 2. The van der Waals surface area contributed by atoms with Crippen LogP contribution in [-0.2, 0) is 29.0 Å². The molecule has 0 unspecified atom stereocenters. The molecule has 0 spiro atoms. The van der Waals surface area contributed by atoms with Crippen LogP contribution in [0.15, 0.2) is 48.5 Å². The highest BCUT2D eigenvalue weighted by Gasteiger charge is 2.40. The van der Waals surface area contributed by atoms with Gasteiger partial charge in [0.2, 0.25) is 0 Å². The number of carbonyl (C=O) groups excluding carboxylic acids is 1. The molecule has 2 aromatic carbocycles. The van der Waals surface area contributed by atoms with Crippen molar-refractivity contribution in [3.63, 3.8) is 0 Å². The van der Waals surface area contributed by atoms with E-state index < -0.39 is 18.1 Å². The fourth-order valence-corrected chi connectivity index (χ4v) is 3.48. The third kappa shape index (κ3) is 2.42. The average molecular weight is 323 g/mol. The lowest BCUT2D eigenvalue weighted by Crippen LogP contribution is -2.52. The Morgan fingerprint density at radius 1 is 0.958 bits per heavy atom. The van der Waals surface area contributed by atoms with Crippen molar-refractivity contribution >= 4 is 11.9 Å². The van der Waals surface area contributed by atoms with Crippen molar-refractivity contribution in [2.45, 2.75) is 31.5 Å². The molecule has 0 radical (unpaired) electrons. The molecule has 0 saturated heterocycles. The summed E-state index contributed by atoms with van der Waals surface area (Å²) in [5.74, 6) is -0.526. The summed E-state index contributed by atoms with van der Waals surface area (Å²) in [6.07, 6.45) is 0.172. The van der Waals surface area contributed by atoms with E-state index >= 15 is 0 Å². The predicted molar refractivity (Wildman–Crippen MR) is 86.7 cm³/mol. The SMILES string of the molecule is O=C(O)[C@@H]1Cc2ccccc2CN1C(=O)[C@@H]1Cc2ccccc2O1. The van der Waals surface area contributed by atoms with E-state index in [0.29, 0.717) is 25.1 Å². The summed E-state index contributed by atoms with van der Waals surface area (Å²) in [6.45, 7) is 0.308. The van der Waals surface area contributed by atoms with E-state index in [2.05, 4.69) is 0 Å². The molecule has 2 atom stereocenters. The summed E-state index contributed by atoms with van der Waals surface area (Å²) in [5, 5.41) is 9.56. The van der Waals surface area contributed by atoms with Gasteiger partial charge in [0.1, 0.15) is 11.8 Å². The summed E-state index contributed by atoms with van der Waals surface area (Å²) >= 11 is 0. The van der Waals surface area contributed by atoms with Crippen LogP contribution in [-0.4, -0.2) is 34.0 Å². The second-order valence-corrected chi connectivity index (χ2v) is 6.21. The van der Waals surface area contributed by atoms with E-state index in [4.69, 9.17) is 4.74 Å². The molecule has 0 aliphatic carbocycles. The first-order chi connectivity index (χ1) is 11.6. The number of benzene rings is 2. The second-order valence-electron chi connectivity index (χ2n) is 6.21. The number of hydrogen-bond acceptors (Lipinski definition) is 3. The van der Waals surface area contributed by atoms with Gasteiger partial charge in [-0.05, 0) is 22.8 Å². The largest absolute Gasteiger partial charge is 0.480 e. The number of para-hydroxylation sites is 1. The predicted octanol–water partition coefficient (Wildman–Crippen LogP) is 2.03. The lowest BCUT2D eigenvalue weighted by atomic mass is 9.93. The lowest BCUT2D eigenvalue weighted by molar-refractivity contribution is -0.154. The molecule has 24 heavy (non-hydrogen) atoms. The standard InChI is InChI=1S/C19H17NO4/c21-18(17-10-13-6-3-4-8-16(13)24-17)20-11-14-7-2-1-5-12(14)9-15(20)19(22)23/h1-8,15,17H,9-11H2,(H,22,23)/t15-,17-/m0/s1. The Morgan fingerprint density at radius 3 is 2.33 bits per heavy atom. The maximum Gasteiger partial charge on any atom is 0.326 e. The van der Waals surface area contributed by atoms with Gasteiger partial charge in [0, 0.05) is 19.4 Å². The fraction of sp³-hybridized carbons (Fsp3) is 0.263. The van der Waals surface area contributed by atoms with Gasteiger partial charge in [0.25, 0.3) is 5.91 Å².